The maximum absolute atomic E-state index is 7.02. The van der Waals surface area contributed by atoms with Gasteiger partial charge in [0.2, 0.25) is 0 Å². The molecule has 0 saturated carbocycles. The summed E-state index contributed by atoms with van der Waals surface area (Å²) in [5, 5.41) is 11.8. The lowest BCUT2D eigenvalue weighted by molar-refractivity contribution is 0.669. The molecule has 2 nitrogen and oxygen atoms in total. The van der Waals surface area contributed by atoms with Crippen molar-refractivity contribution in [3.05, 3.63) is 146 Å². The first-order valence-corrected chi connectivity index (χ1v) is 16.7. The van der Waals surface area contributed by atoms with E-state index in [9.17, 15) is 0 Å². The van der Waals surface area contributed by atoms with Gasteiger partial charge in [-0.05, 0) is 63.0 Å². The van der Waals surface area contributed by atoms with E-state index in [0.29, 0.717) is 0 Å². The molecule has 0 spiro atoms. The van der Waals surface area contributed by atoms with Crippen LogP contribution in [-0.4, -0.2) is 0 Å². The molecule has 0 fully saturated rings. The Morgan fingerprint density at radius 2 is 0.872 bits per heavy atom. The van der Waals surface area contributed by atoms with Gasteiger partial charge in [0.15, 0.2) is 0 Å². The predicted octanol–water partition coefficient (Wildman–Crippen LogP) is 13.5. The molecular formula is C44H24O2S. The highest BCUT2D eigenvalue weighted by atomic mass is 32.1. The van der Waals surface area contributed by atoms with Gasteiger partial charge in [0.25, 0.3) is 0 Å². The number of hydrogen-bond acceptors (Lipinski definition) is 3. The van der Waals surface area contributed by atoms with E-state index in [-0.39, 0.29) is 0 Å². The van der Waals surface area contributed by atoms with E-state index in [1.165, 1.54) is 58.4 Å². The molecule has 0 atom stereocenters. The predicted molar refractivity (Wildman–Crippen MR) is 200 cm³/mol. The Kier molecular flexibility index (Phi) is 5.02. The minimum Gasteiger partial charge on any atom is -0.456 e. The van der Waals surface area contributed by atoms with Crippen LogP contribution in [0.4, 0.5) is 0 Å². The van der Waals surface area contributed by atoms with E-state index in [4.69, 9.17) is 8.83 Å². The third kappa shape index (κ3) is 3.39. The van der Waals surface area contributed by atoms with Gasteiger partial charge in [-0.15, -0.1) is 11.3 Å². The second-order valence-corrected chi connectivity index (χ2v) is 13.4. The number of rotatable bonds is 2. The van der Waals surface area contributed by atoms with Gasteiger partial charge in [-0.3, -0.25) is 0 Å². The SMILES string of the molecule is c1ccc2c(c1)oc1cccc(-c3c4ccccc4c(-c4cccc5c4oc4c5ccc5sc6ccccc6c54)c4ccccc34)c12. The second kappa shape index (κ2) is 9.32. The van der Waals surface area contributed by atoms with Crippen LogP contribution in [0.15, 0.2) is 154 Å². The molecule has 0 aliphatic rings. The summed E-state index contributed by atoms with van der Waals surface area (Å²) >= 11 is 1.83. The van der Waals surface area contributed by atoms with Gasteiger partial charge in [0.05, 0.1) is 0 Å². The fraction of sp³-hybridized carbons (Fsp3) is 0. The molecule has 8 aromatic carbocycles. The zero-order valence-corrected chi connectivity index (χ0v) is 25.9. The fourth-order valence-electron chi connectivity index (χ4n) is 7.95. The Morgan fingerprint density at radius 1 is 0.319 bits per heavy atom. The monoisotopic (exact) mass is 616 g/mol. The van der Waals surface area contributed by atoms with E-state index in [2.05, 4.69) is 140 Å². The van der Waals surface area contributed by atoms with Crippen molar-refractivity contribution in [3.63, 3.8) is 0 Å². The van der Waals surface area contributed by atoms with E-state index in [1.807, 2.05) is 17.4 Å². The third-order valence-electron chi connectivity index (χ3n) is 9.88. The molecule has 3 aromatic heterocycles. The Labute approximate surface area is 272 Å². The van der Waals surface area contributed by atoms with Gasteiger partial charge in [0.1, 0.15) is 22.3 Å². The summed E-state index contributed by atoms with van der Waals surface area (Å²) in [6.07, 6.45) is 0. The maximum Gasteiger partial charge on any atom is 0.144 e. The van der Waals surface area contributed by atoms with Crippen molar-refractivity contribution >= 4 is 96.9 Å². The van der Waals surface area contributed by atoms with Crippen molar-refractivity contribution in [3.8, 4) is 22.3 Å². The molecule has 0 N–H and O–H groups in total. The van der Waals surface area contributed by atoms with Crippen LogP contribution in [-0.2, 0) is 0 Å². The molecule has 0 bridgehead atoms. The molecule has 11 aromatic rings. The number of para-hydroxylation sites is 2. The average molecular weight is 617 g/mol. The number of furan rings is 2. The maximum atomic E-state index is 7.02. The fourth-order valence-corrected chi connectivity index (χ4v) is 9.06. The average Bonchev–Trinajstić information content (AvgIpc) is 3.81. The van der Waals surface area contributed by atoms with Gasteiger partial charge in [-0.25, -0.2) is 0 Å². The van der Waals surface area contributed by atoms with Gasteiger partial charge < -0.3 is 8.83 Å². The third-order valence-corrected chi connectivity index (χ3v) is 11.0. The standard InChI is InChI=1S/C44H24O2S/c1-3-13-27-25(11-1)39(33-18-10-21-36-41(33)31-15-5-7-20-35(31)45-36)26-12-2-4-14-28(26)40(27)34-19-9-17-29-30-23-24-38-42(44(30)46-43(29)34)32-16-6-8-22-37(32)47-38/h1-24H. The first-order valence-electron chi connectivity index (χ1n) is 15.9. The normalized spacial score (nSPS) is 12.3. The van der Waals surface area contributed by atoms with Crippen LogP contribution in [0.5, 0.6) is 0 Å². The number of hydrogen-bond donors (Lipinski definition) is 0. The van der Waals surface area contributed by atoms with Crippen LogP contribution < -0.4 is 0 Å². The molecule has 3 heteroatoms. The van der Waals surface area contributed by atoms with E-state index in [1.54, 1.807) is 0 Å². The summed E-state index contributed by atoms with van der Waals surface area (Å²) in [5.74, 6) is 0. The summed E-state index contributed by atoms with van der Waals surface area (Å²) in [7, 11) is 0. The molecular weight excluding hydrogens is 593 g/mol. The van der Waals surface area contributed by atoms with Crippen molar-refractivity contribution < 1.29 is 8.83 Å². The van der Waals surface area contributed by atoms with Crippen LogP contribution in [0.25, 0.3) is 108 Å². The van der Waals surface area contributed by atoms with Gasteiger partial charge in [-0.2, -0.15) is 0 Å². The summed E-state index contributed by atoms with van der Waals surface area (Å²) in [6.45, 7) is 0. The lowest BCUT2D eigenvalue weighted by Gasteiger charge is -2.18. The van der Waals surface area contributed by atoms with E-state index >= 15 is 0 Å². The first kappa shape index (κ1) is 25.3. The quantitative estimate of drug-likeness (QED) is 0.181. The van der Waals surface area contributed by atoms with E-state index < -0.39 is 0 Å². The van der Waals surface area contributed by atoms with Crippen LogP contribution in [0.3, 0.4) is 0 Å². The summed E-state index contributed by atoms with van der Waals surface area (Å²) < 4.78 is 15.9. The molecule has 0 amide bonds. The van der Waals surface area contributed by atoms with Gasteiger partial charge in [0, 0.05) is 52.8 Å². The minimum absolute atomic E-state index is 0.903. The lowest BCUT2D eigenvalue weighted by Crippen LogP contribution is -1.91. The minimum atomic E-state index is 0.903. The van der Waals surface area contributed by atoms with Crippen LogP contribution in [0.2, 0.25) is 0 Å². The molecule has 0 aliphatic heterocycles. The van der Waals surface area contributed by atoms with E-state index in [0.717, 1.165) is 49.4 Å². The highest BCUT2D eigenvalue weighted by Gasteiger charge is 2.23. The molecule has 11 rings (SSSR count). The molecule has 0 unspecified atom stereocenters. The van der Waals surface area contributed by atoms with Gasteiger partial charge in [-0.1, -0.05) is 115 Å². The topological polar surface area (TPSA) is 26.3 Å². The Hall–Kier alpha value is -5.90. The second-order valence-electron chi connectivity index (χ2n) is 12.3. The summed E-state index contributed by atoms with van der Waals surface area (Å²) in [6, 6.07) is 52.2. The van der Waals surface area contributed by atoms with Gasteiger partial charge >= 0.3 is 0 Å². The van der Waals surface area contributed by atoms with Crippen LogP contribution in [0, 0.1) is 0 Å². The van der Waals surface area contributed by atoms with Crippen LogP contribution >= 0.6 is 11.3 Å². The largest absolute Gasteiger partial charge is 0.456 e. The Morgan fingerprint density at radius 3 is 1.64 bits per heavy atom. The lowest BCUT2D eigenvalue weighted by atomic mass is 9.84. The number of fused-ring (bicyclic) bond motifs is 12. The van der Waals surface area contributed by atoms with Crippen LogP contribution in [0.1, 0.15) is 0 Å². The number of thiophene rings is 1. The van der Waals surface area contributed by atoms with Crippen molar-refractivity contribution in [2.45, 2.75) is 0 Å². The first-order chi connectivity index (χ1) is 23.3. The summed E-state index contributed by atoms with van der Waals surface area (Å²) in [4.78, 5) is 0. The van der Waals surface area contributed by atoms with Crippen molar-refractivity contribution in [2.75, 3.05) is 0 Å². The highest BCUT2D eigenvalue weighted by Crippen LogP contribution is 2.49. The zero-order chi connectivity index (χ0) is 30.6. The highest BCUT2D eigenvalue weighted by molar-refractivity contribution is 7.26. The molecule has 0 aliphatic carbocycles. The molecule has 218 valence electrons. The van der Waals surface area contributed by atoms with Crippen molar-refractivity contribution in [1.29, 1.82) is 0 Å². The molecule has 3 heterocycles. The smallest absolute Gasteiger partial charge is 0.144 e. The molecule has 0 radical (unpaired) electrons. The summed E-state index contributed by atoms with van der Waals surface area (Å²) in [5.41, 5.74) is 8.41. The number of benzene rings is 8. The zero-order valence-electron chi connectivity index (χ0n) is 25.1. The Bertz CT molecular complexity index is 3020. The Balaban J connectivity index is 1.28. The molecule has 47 heavy (non-hydrogen) atoms. The molecule has 0 saturated heterocycles. The van der Waals surface area contributed by atoms with Crippen molar-refractivity contribution in [1.82, 2.24) is 0 Å². The van der Waals surface area contributed by atoms with Crippen molar-refractivity contribution in [2.24, 2.45) is 0 Å².